The van der Waals surface area contributed by atoms with E-state index >= 15 is 0 Å². The number of benzene rings is 1. The molecule has 26 heavy (non-hydrogen) atoms. The second-order valence-electron chi connectivity index (χ2n) is 6.84. The lowest BCUT2D eigenvalue weighted by molar-refractivity contribution is 0.0235. The highest BCUT2D eigenvalue weighted by atomic mass is 16.3. The summed E-state index contributed by atoms with van der Waals surface area (Å²) in [5, 5.41) is 17.0. The molecule has 1 amide bonds. The third kappa shape index (κ3) is 3.28. The van der Waals surface area contributed by atoms with Gasteiger partial charge in [-0.3, -0.25) is 9.48 Å². The summed E-state index contributed by atoms with van der Waals surface area (Å²) in [7, 11) is 1.85. The molecular formula is C20H21N3O3. The molecule has 134 valence electrons. The van der Waals surface area contributed by atoms with Gasteiger partial charge in [-0.15, -0.1) is 0 Å². The topological polar surface area (TPSA) is 80.3 Å². The molecule has 0 radical (unpaired) electrons. The van der Waals surface area contributed by atoms with Crippen LogP contribution in [0.4, 0.5) is 0 Å². The monoisotopic (exact) mass is 351 g/mol. The van der Waals surface area contributed by atoms with Crippen LogP contribution in [0.2, 0.25) is 0 Å². The van der Waals surface area contributed by atoms with Gasteiger partial charge < -0.3 is 14.8 Å². The maximum Gasteiger partial charge on any atom is 0.251 e. The van der Waals surface area contributed by atoms with Crippen LogP contribution < -0.4 is 5.32 Å². The van der Waals surface area contributed by atoms with E-state index in [2.05, 4.69) is 10.4 Å². The Bertz CT molecular complexity index is 895. The van der Waals surface area contributed by atoms with E-state index in [1.807, 2.05) is 43.6 Å². The number of hydrogen-bond acceptors (Lipinski definition) is 4. The summed E-state index contributed by atoms with van der Waals surface area (Å²) in [4.78, 5) is 12.9. The van der Waals surface area contributed by atoms with E-state index in [0.717, 1.165) is 16.9 Å². The number of hydrogen-bond donors (Lipinski definition) is 2. The number of nitrogens with zero attached hydrogens (tertiary/aromatic N) is 2. The van der Waals surface area contributed by atoms with Gasteiger partial charge >= 0.3 is 0 Å². The maximum atomic E-state index is 12.9. The molecule has 4 rings (SSSR count). The first kappa shape index (κ1) is 16.6. The van der Waals surface area contributed by atoms with Crippen molar-refractivity contribution in [3.8, 4) is 11.3 Å². The smallest absolute Gasteiger partial charge is 0.251 e. The summed E-state index contributed by atoms with van der Waals surface area (Å²) in [6.07, 6.45) is 6.39. The van der Waals surface area contributed by atoms with Crippen LogP contribution in [0.5, 0.6) is 0 Å². The minimum atomic E-state index is -0.279. The van der Waals surface area contributed by atoms with Crippen molar-refractivity contribution in [2.45, 2.75) is 25.0 Å². The zero-order chi connectivity index (χ0) is 18.1. The highest BCUT2D eigenvalue weighted by molar-refractivity contribution is 5.95. The molecule has 0 spiro atoms. The van der Waals surface area contributed by atoms with Crippen molar-refractivity contribution in [2.24, 2.45) is 13.0 Å². The summed E-state index contributed by atoms with van der Waals surface area (Å²) in [6, 6.07) is 10.9. The fraction of sp³-hybridized carbons (Fsp3) is 0.300. The molecule has 1 aliphatic carbocycles. The molecule has 1 aliphatic rings. The van der Waals surface area contributed by atoms with Crippen molar-refractivity contribution in [3.63, 3.8) is 0 Å². The third-order valence-electron chi connectivity index (χ3n) is 4.92. The molecular weight excluding hydrogens is 330 g/mol. The molecule has 1 aromatic carbocycles. The van der Waals surface area contributed by atoms with Crippen LogP contribution in [0.3, 0.4) is 0 Å². The van der Waals surface area contributed by atoms with E-state index in [9.17, 15) is 9.90 Å². The van der Waals surface area contributed by atoms with E-state index in [1.54, 1.807) is 23.2 Å². The largest absolute Gasteiger partial charge is 0.464 e. The molecule has 6 heteroatoms. The number of aliphatic hydroxyl groups is 1. The highest BCUT2D eigenvalue weighted by Crippen LogP contribution is 2.38. The van der Waals surface area contributed by atoms with Crippen molar-refractivity contribution in [1.82, 2.24) is 15.1 Å². The van der Waals surface area contributed by atoms with Crippen molar-refractivity contribution >= 4 is 5.91 Å². The molecule has 1 unspecified atom stereocenters. The van der Waals surface area contributed by atoms with E-state index in [1.165, 1.54) is 0 Å². The minimum Gasteiger partial charge on any atom is -0.464 e. The Morgan fingerprint density at radius 3 is 2.85 bits per heavy atom. The molecule has 1 atom stereocenters. The van der Waals surface area contributed by atoms with Gasteiger partial charge in [0.05, 0.1) is 24.6 Å². The normalized spacial score (nSPS) is 20.4. The van der Waals surface area contributed by atoms with E-state index < -0.39 is 0 Å². The number of rotatable bonds is 5. The minimum absolute atomic E-state index is 0.145. The van der Waals surface area contributed by atoms with Gasteiger partial charge in [0.15, 0.2) is 0 Å². The molecule has 6 nitrogen and oxygen atoms in total. The molecule has 2 aromatic heterocycles. The lowest BCUT2D eigenvalue weighted by Crippen LogP contribution is -2.41. The van der Waals surface area contributed by atoms with Crippen LogP contribution in [-0.4, -0.2) is 26.9 Å². The molecule has 1 saturated carbocycles. The van der Waals surface area contributed by atoms with E-state index in [-0.39, 0.29) is 24.0 Å². The number of carbonyl (C=O) groups excluding carboxylic acids is 1. The fourth-order valence-corrected chi connectivity index (χ4v) is 3.46. The Labute approximate surface area is 151 Å². The van der Waals surface area contributed by atoms with Crippen LogP contribution in [0.1, 0.15) is 34.8 Å². The second kappa shape index (κ2) is 6.80. The number of aliphatic hydroxyl groups excluding tert-OH is 1. The standard InChI is InChI=1S/C20H21N3O3/c1-23-12-16(11-21-23)19(15-9-17(24)10-15)22-20(25)14-5-2-4-13(8-14)18-6-3-7-26-18/h2-8,11-12,15,17,19,24H,9-10H2,1H3,(H,22,25). The number of aryl methyl sites for hydroxylation is 1. The molecule has 2 N–H and O–H groups in total. The molecule has 2 heterocycles. The third-order valence-corrected chi connectivity index (χ3v) is 4.92. The van der Waals surface area contributed by atoms with Gasteiger partial charge in [0.2, 0.25) is 0 Å². The number of carbonyl (C=O) groups is 1. The fourth-order valence-electron chi connectivity index (χ4n) is 3.46. The van der Waals surface area contributed by atoms with E-state index in [0.29, 0.717) is 18.4 Å². The summed E-state index contributed by atoms with van der Waals surface area (Å²) >= 11 is 0. The molecule has 3 aromatic rings. The number of furan rings is 1. The lowest BCUT2D eigenvalue weighted by atomic mass is 9.75. The Kier molecular flexibility index (Phi) is 4.34. The lowest BCUT2D eigenvalue weighted by Gasteiger charge is -2.37. The predicted octanol–water partition coefficient (Wildman–Crippen LogP) is 2.92. The Morgan fingerprint density at radius 1 is 1.35 bits per heavy atom. The van der Waals surface area contributed by atoms with Gasteiger partial charge in [-0.1, -0.05) is 12.1 Å². The average Bonchev–Trinajstić information content (AvgIpc) is 3.29. The van der Waals surface area contributed by atoms with E-state index in [4.69, 9.17) is 4.42 Å². The van der Waals surface area contributed by atoms with Gasteiger partial charge in [-0.05, 0) is 43.0 Å². The van der Waals surface area contributed by atoms with Crippen LogP contribution in [0, 0.1) is 5.92 Å². The van der Waals surface area contributed by atoms with Gasteiger partial charge in [-0.2, -0.15) is 5.10 Å². The van der Waals surface area contributed by atoms with Crippen LogP contribution in [-0.2, 0) is 7.05 Å². The number of nitrogens with one attached hydrogen (secondary N) is 1. The Hall–Kier alpha value is -2.86. The van der Waals surface area contributed by atoms with Gasteiger partial charge in [-0.25, -0.2) is 0 Å². The van der Waals surface area contributed by atoms with Crippen molar-refractivity contribution < 1.29 is 14.3 Å². The van der Waals surface area contributed by atoms with Crippen molar-refractivity contribution in [1.29, 1.82) is 0 Å². The van der Waals surface area contributed by atoms with Crippen LogP contribution >= 0.6 is 0 Å². The first-order chi connectivity index (χ1) is 12.6. The molecule has 0 saturated heterocycles. The highest BCUT2D eigenvalue weighted by Gasteiger charge is 2.36. The molecule has 1 fully saturated rings. The average molecular weight is 351 g/mol. The molecule has 0 aliphatic heterocycles. The Balaban J connectivity index is 1.56. The van der Waals surface area contributed by atoms with Crippen molar-refractivity contribution in [2.75, 3.05) is 0 Å². The number of aromatic nitrogens is 2. The van der Waals surface area contributed by atoms with Gasteiger partial charge in [0.1, 0.15) is 5.76 Å². The van der Waals surface area contributed by atoms with Gasteiger partial charge in [0.25, 0.3) is 5.91 Å². The maximum absolute atomic E-state index is 12.9. The Morgan fingerprint density at radius 2 is 2.19 bits per heavy atom. The zero-order valence-electron chi connectivity index (χ0n) is 14.5. The summed E-state index contributed by atoms with van der Waals surface area (Å²) < 4.78 is 7.14. The van der Waals surface area contributed by atoms with Crippen molar-refractivity contribution in [3.05, 3.63) is 66.2 Å². The first-order valence-electron chi connectivity index (χ1n) is 8.71. The van der Waals surface area contributed by atoms with Crippen LogP contribution in [0.15, 0.2) is 59.5 Å². The molecule has 0 bridgehead atoms. The SMILES string of the molecule is Cn1cc(C(NC(=O)c2cccc(-c3ccco3)c2)C2CC(O)C2)cn1. The first-order valence-corrected chi connectivity index (χ1v) is 8.71. The number of amides is 1. The predicted molar refractivity (Wildman–Crippen MR) is 96.3 cm³/mol. The summed E-state index contributed by atoms with van der Waals surface area (Å²) in [5.74, 6) is 0.797. The summed E-state index contributed by atoms with van der Waals surface area (Å²) in [5.41, 5.74) is 2.40. The van der Waals surface area contributed by atoms with Crippen LogP contribution in [0.25, 0.3) is 11.3 Å². The van der Waals surface area contributed by atoms with Gasteiger partial charge in [0, 0.05) is 29.9 Å². The second-order valence-corrected chi connectivity index (χ2v) is 6.84. The summed E-state index contributed by atoms with van der Waals surface area (Å²) in [6.45, 7) is 0. The quantitative estimate of drug-likeness (QED) is 0.741. The zero-order valence-corrected chi connectivity index (χ0v) is 14.5.